The zero-order valence-corrected chi connectivity index (χ0v) is 19.1. The molecule has 2 aromatic carbocycles. The molecule has 35 heavy (non-hydrogen) atoms. The second kappa shape index (κ2) is 11.3. The lowest BCUT2D eigenvalue weighted by molar-refractivity contribution is -0.139. The summed E-state index contributed by atoms with van der Waals surface area (Å²) in [5, 5.41) is 14.7. The minimum atomic E-state index is -1.38. The number of halogens is 2. The topological polar surface area (TPSA) is 151 Å². The van der Waals surface area contributed by atoms with Crippen molar-refractivity contribution in [3.05, 3.63) is 81.4 Å². The maximum Gasteiger partial charge on any atom is 0.416 e. The Hall–Kier alpha value is -4.12. The van der Waals surface area contributed by atoms with Gasteiger partial charge in [0.15, 0.2) is 0 Å². The molecule has 0 saturated heterocycles. The number of amides is 2. The molecule has 10 nitrogen and oxygen atoms in total. The Morgan fingerprint density at radius 1 is 1.17 bits per heavy atom. The first kappa shape index (κ1) is 25.5. The maximum atomic E-state index is 14.2. The van der Waals surface area contributed by atoms with Gasteiger partial charge in [-0.05, 0) is 42.2 Å². The maximum absolute atomic E-state index is 14.2. The number of benzene rings is 2. The summed E-state index contributed by atoms with van der Waals surface area (Å²) in [6, 6.07) is 8.74. The predicted octanol–water partition coefficient (Wildman–Crippen LogP) is 2.97. The molecule has 2 atom stereocenters. The van der Waals surface area contributed by atoms with E-state index >= 15 is 0 Å². The fourth-order valence-corrected chi connectivity index (χ4v) is 3.55. The molecule has 0 aliphatic heterocycles. The van der Waals surface area contributed by atoms with Gasteiger partial charge in [-0.25, -0.2) is 18.8 Å². The molecule has 3 rings (SSSR count). The second-order valence-electron chi connectivity index (χ2n) is 7.52. The third-order valence-corrected chi connectivity index (χ3v) is 5.31. The fourth-order valence-electron chi connectivity index (χ4n) is 3.38. The van der Waals surface area contributed by atoms with Crippen LogP contribution in [0.5, 0.6) is 0 Å². The van der Waals surface area contributed by atoms with Gasteiger partial charge in [0.2, 0.25) is 0 Å². The van der Waals surface area contributed by atoms with Crippen LogP contribution in [0.25, 0.3) is 11.1 Å². The normalized spacial score (nSPS) is 12.4. The van der Waals surface area contributed by atoms with Crippen LogP contribution in [0, 0.1) is 5.82 Å². The third-order valence-electron chi connectivity index (χ3n) is 5.07. The van der Waals surface area contributed by atoms with Gasteiger partial charge in [0.25, 0.3) is 5.91 Å². The average molecular weight is 506 g/mol. The summed E-state index contributed by atoms with van der Waals surface area (Å²) in [5.74, 6) is -3.32. The van der Waals surface area contributed by atoms with Crippen LogP contribution in [-0.4, -0.2) is 47.3 Å². The van der Waals surface area contributed by atoms with E-state index in [2.05, 4.69) is 24.8 Å². The lowest BCUT2D eigenvalue weighted by Gasteiger charge is -2.23. The molecule has 12 heteroatoms. The molecule has 3 aromatic rings. The highest BCUT2D eigenvalue weighted by Gasteiger charge is 2.27. The highest BCUT2D eigenvalue weighted by Crippen LogP contribution is 2.26. The van der Waals surface area contributed by atoms with E-state index in [1.807, 2.05) is 0 Å². The van der Waals surface area contributed by atoms with Crippen LogP contribution in [-0.2, 0) is 16.0 Å². The number of oxazole rings is 1. The van der Waals surface area contributed by atoms with Gasteiger partial charge in [-0.15, -0.1) is 0 Å². The van der Waals surface area contributed by atoms with Gasteiger partial charge < -0.3 is 24.9 Å². The number of H-pyrrole nitrogens is 1. The smallest absolute Gasteiger partial charge is 0.416 e. The van der Waals surface area contributed by atoms with E-state index in [9.17, 15) is 28.7 Å². The predicted molar refractivity (Wildman–Crippen MR) is 123 cm³/mol. The van der Waals surface area contributed by atoms with E-state index < -0.39 is 41.6 Å². The molecule has 1 unspecified atom stereocenters. The van der Waals surface area contributed by atoms with E-state index in [1.54, 1.807) is 24.3 Å². The summed E-state index contributed by atoms with van der Waals surface area (Å²) in [4.78, 5) is 49.2. The molecule has 1 aromatic heterocycles. The number of carboxylic acids is 1. The molecule has 0 spiro atoms. The molecule has 1 heterocycles. The van der Waals surface area contributed by atoms with Crippen LogP contribution in [0.1, 0.15) is 22.5 Å². The van der Waals surface area contributed by atoms with Crippen LogP contribution >= 0.6 is 11.6 Å². The van der Waals surface area contributed by atoms with Crippen molar-refractivity contribution in [3.8, 4) is 11.1 Å². The number of hydrogen-bond donors (Lipinski definition) is 4. The minimum Gasteiger partial charge on any atom is -0.480 e. The number of alkyl carbamates (subject to hydrolysis) is 1. The standard InChI is InChI=1S/C23H21ClFN3O7/c1-34-22(32)27-18(21(30)31)10-15(26-20(29)19-11-35-23(33)28-19)8-12-2-4-13(5-3-12)16-9-14(24)6-7-17(16)25/h2-7,9,11,15,18H,8,10H2,1H3,(H,26,29)(H,27,32)(H,28,33)(H,30,31)/t15?,18-/m1/s1. The van der Waals surface area contributed by atoms with Crippen LogP contribution in [0.4, 0.5) is 9.18 Å². The minimum absolute atomic E-state index is 0.152. The first-order valence-electron chi connectivity index (χ1n) is 10.3. The molecule has 0 bridgehead atoms. The summed E-state index contributed by atoms with van der Waals surface area (Å²) < 4.78 is 23.2. The number of aliphatic carboxylic acids is 1. The first-order chi connectivity index (χ1) is 16.7. The molecule has 0 aliphatic carbocycles. The lowest BCUT2D eigenvalue weighted by atomic mass is 9.97. The van der Waals surface area contributed by atoms with Gasteiger partial charge in [-0.3, -0.25) is 9.78 Å². The van der Waals surface area contributed by atoms with E-state index in [0.29, 0.717) is 21.7 Å². The number of aromatic amines is 1. The number of aromatic nitrogens is 1. The highest BCUT2D eigenvalue weighted by molar-refractivity contribution is 6.30. The van der Waals surface area contributed by atoms with Crippen molar-refractivity contribution in [2.24, 2.45) is 0 Å². The Labute approximate surface area is 203 Å². The van der Waals surface area contributed by atoms with Crippen molar-refractivity contribution in [3.63, 3.8) is 0 Å². The summed E-state index contributed by atoms with van der Waals surface area (Å²) in [6.07, 6.45) is -0.0684. The van der Waals surface area contributed by atoms with E-state index in [0.717, 1.165) is 13.4 Å². The fraction of sp³-hybridized carbons (Fsp3) is 0.217. The third kappa shape index (κ3) is 6.93. The molecule has 2 amide bonds. The Morgan fingerprint density at radius 2 is 1.89 bits per heavy atom. The average Bonchev–Trinajstić information content (AvgIpc) is 3.27. The van der Waals surface area contributed by atoms with Crippen LogP contribution in [0.2, 0.25) is 5.02 Å². The molecule has 0 aliphatic rings. The van der Waals surface area contributed by atoms with E-state index in [4.69, 9.17) is 11.6 Å². The largest absolute Gasteiger partial charge is 0.480 e. The van der Waals surface area contributed by atoms with Gasteiger partial charge in [-0.1, -0.05) is 35.9 Å². The quantitative estimate of drug-likeness (QED) is 0.349. The Bertz CT molecular complexity index is 1270. The number of carboxylic acid groups (broad SMARTS) is 1. The van der Waals surface area contributed by atoms with Crippen molar-refractivity contribution in [1.29, 1.82) is 0 Å². The molecule has 0 fully saturated rings. The number of rotatable bonds is 9. The van der Waals surface area contributed by atoms with E-state index in [1.165, 1.54) is 18.2 Å². The van der Waals surface area contributed by atoms with Gasteiger partial charge in [0, 0.05) is 16.6 Å². The Balaban J connectivity index is 1.82. The number of carbonyl (C=O) groups is 3. The number of nitrogens with one attached hydrogen (secondary N) is 3. The van der Waals surface area contributed by atoms with Crippen molar-refractivity contribution >= 4 is 29.6 Å². The van der Waals surface area contributed by atoms with Gasteiger partial charge in [0.1, 0.15) is 23.8 Å². The Kier molecular flexibility index (Phi) is 8.26. The van der Waals surface area contributed by atoms with Crippen LogP contribution in [0.3, 0.4) is 0 Å². The molecule has 0 radical (unpaired) electrons. The highest BCUT2D eigenvalue weighted by atomic mass is 35.5. The van der Waals surface area contributed by atoms with Gasteiger partial charge in [0.05, 0.1) is 7.11 Å². The lowest BCUT2D eigenvalue weighted by Crippen LogP contribution is -2.47. The SMILES string of the molecule is COC(=O)N[C@H](CC(Cc1ccc(-c2cc(Cl)ccc2F)cc1)NC(=O)c1coc(=O)[nH]1)C(=O)O. The van der Waals surface area contributed by atoms with E-state index in [-0.39, 0.29) is 18.5 Å². The zero-order valence-electron chi connectivity index (χ0n) is 18.3. The molecule has 4 N–H and O–H groups in total. The number of carbonyl (C=O) groups excluding carboxylic acids is 2. The monoisotopic (exact) mass is 505 g/mol. The van der Waals surface area contributed by atoms with Crippen molar-refractivity contribution in [2.45, 2.75) is 24.9 Å². The Morgan fingerprint density at radius 3 is 2.49 bits per heavy atom. The molecular formula is C23H21ClFN3O7. The number of ether oxygens (including phenoxy) is 1. The number of hydrogen-bond acceptors (Lipinski definition) is 6. The van der Waals surface area contributed by atoms with Crippen LogP contribution < -0.4 is 16.4 Å². The number of methoxy groups -OCH3 is 1. The second-order valence-corrected chi connectivity index (χ2v) is 7.96. The summed E-state index contributed by atoms with van der Waals surface area (Å²) in [7, 11) is 1.09. The van der Waals surface area contributed by atoms with Crippen molar-refractivity contribution in [2.75, 3.05) is 7.11 Å². The molecular weight excluding hydrogens is 485 g/mol. The summed E-state index contributed by atoms with van der Waals surface area (Å²) in [5.41, 5.74) is 1.41. The van der Waals surface area contributed by atoms with Gasteiger partial charge in [-0.2, -0.15) is 0 Å². The van der Waals surface area contributed by atoms with Gasteiger partial charge >= 0.3 is 17.8 Å². The van der Waals surface area contributed by atoms with Crippen molar-refractivity contribution in [1.82, 2.24) is 15.6 Å². The molecule has 0 saturated carbocycles. The first-order valence-corrected chi connectivity index (χ1v) is 10.6. The zero-order chi connectivity index (χ0) is 25.5. The molecule has 184 valence electrons. The summed E-state index contributed by atoms with van der Waals surface area (Å²) >= 11 is 5.97. The summed E-state index contributed by atoms with van der Waals surface area (Å²) in [6.45, 7) is 0. The van der Waals surface area contributed by atoms with Crippen LogP contribution in [0.15, 0.2) is 57.9 Å². The van der Waals surface area contributed by atoms with Crippen molar-refractivity contribution < 1.29 is 33.0 Å².